The minimum atomic E-state index is -0.876. The molecule has 0 radical (unpaired) electrons. The summed E-state index contributed by atoms with van der Waals surface area (Å²) in [4.78, 5) is 29.6. The Morgan fingerprint density at radius 1 is 1.29 bits per heavy atom. The Balaban J connectivity index is 2.03. The Morgan fingerprint density at radius 3 is 2.74 bits per heavy atom. The van der Waals surface area contributed by atoms with E-state index in [0.29, 0.717) is 34.5 Å². The van der Waals surface area contributed by atoms with Crippen LogP contribution >= 0.6 is 27.5 Å². The molecular weight excluding hydrogens is 526 g/mol. The predicted molar refractivity (Wildman–Crippen MR) is 135 cm³/mol. The first-order valence-electron chi connectivity index (χ1n) is 10.7. The summed E-state index contributed by atoms with van der Waals surface area (Å²) in [6.07, 6.45) is 3.06. The van der Waals surface area contributed by atoms with Gasteiger partial charge in [-0.3, -0.25) is 4.79 Å². The number of hydrogen-bond donors (Lipinski definition) is 0. The van der Waals surface area contributed by atoms with Gasteiger partial charge in [0.15, 0.2) is 17.6 Å². The zero-order valence-electron chi connectivity index (χ0n) is 19.3. The SMILES string of the molecule is CCCCc1nc2ccc(Br)cc2c(=O)n1N=Cc1cc(Cl)c(O[C@H](C)C(=O)OC)c(OC)c1. The maximum absolute atomic E-state index is 13.2. The molecule has 34 heavy (non-hydrogen) atoms. The van der Waals surface area contributed by atoms with Gasteiger partial charge in [-0.1, -0.05) is 40.9 Å². The largest absolute Gasteiger partial charge is 0.493 e. The smallest absolute Gasteiger partial charge is 0.346 e. The standard InChI is InChI=1S/C24H25BrClN3O5/c1-5-6-7-21-28-19-9-8-16(25)12-17(19)23(30)29(21)27-13-15-10-18(26)22(20(11-15)32-3)34-14(2)24(31)33-4/h8-14H,5-7H2,1-4H3/t14-/m1/s1. The van der Waals surface area contributed by atoms with Crippen LogP contribution in [-0.2, 0) is 16.0 Å². The highest BCUT2D eigenvalue weighted by Crippen LogP contribution is 2.37. The number of methoxy groups -OCH3 is 2. The summed E-state index contributed by atoms with van der Waals surface area (Å²) in [5.41, 5.74) is 0.929. The number of esters is 1. The zero-order valence-corrected chi connectivity index (χ0v) is 21.6. The molecule has 2 aromatic carbocycles. The minimum absolute atomic E-state index is 0.206. The molecular formula is C24H25BrClN3O5. The number of aryl methyl sites for hydroxylation is 1. The summed E-state index contributed by atoms with van der Waals surface area (Å²) in [6, 6.07) is 8.65. The van der Waals surface area contributed by atoms with Crippen LogP contribution < -0.4 is 15.0 Å². The van der Waals surface area contributed by atoms with Gasteiger partial charge >= 0.3 is 5.97 Å². The van der Waals surface area contributed by atoms with Gasteiger partial charge < -0.3 is 14.2 Å². The molecule has 0 N–H and O–H groups in total. The summed E-state index contributed by atoms with van der Waals surface area (Å²) in [5, 5.41) is 5.11. The predicted octanol–water partition coefficient (Wildman–Crippen LogP) is 4.99. The average Bonchev–Trinajstić information content (AvgIpc) is 2.83. The van der Waals surface area contributed by atoms with E-state index in [0.717, 1.165) is 17.3 Å². The Kier molecular flexibility index (Phi) is 8.68. The van der Waals surface area contributed by atoms with Crippen molar-refractivity contribution in [2.24, 2.45) is 5.10 Å². The van der Waals surface area contributed by atoms with Crippen molar-refractivity contribution in [2.45, 2.75) is 39.2 Å². The maximum Gasteiger partial charge on any atom is 0.346 e. The number of ether oxygens (including phenoxy) is 3. The molecule has 8 nitrogen and oxygen atoms in total. The van der Waals surface area contributed by atoms with E-state index in [1.165, 1.54) is 25.1 Å². The Morgan fingerprint density at radius 2 is 2.06 bits per heavy atom. The number of halogens is 2. The number of hydrogen-bond acceptors (Lipinski definition) is 7. The van der Waals surface area contributed by atoms with Gasteiger partial charge in [0.25, 0.3) is 5.56 Å². The zero-order chi connectivity index (χ0) is 24.8. The van der Waals surface area contributed by atoms with Crippen LogP contribution in [0.1, 0.15) is 38.1 Å². The molecule has 3 aromatic rings. The molecule has 0 fully saturated rings. The van der Waals surface area contributed by atoms with Crippen molar-refractivity contribution in [3.05, 3.63) is 61.6 Å². The molecule has 180 valence electrons. The molecule has 0 spiro atoms. The fourth-order valence-corrected chi connectivity index (χ4v) is 3.88. The molecule has 0 bridgehead atoms. The summed E-state index contributed by atoms with van der Waals surface area (Å²) in [5.74, 6) is 0.544. The van der Waals surface area contributed by atoms with Crippen molar-refractivity contribution in [2.75, 3.05) is 14.2 Å². The van der Waals surface area contributed by atoms with Crippen molar-refractivity contribution >= 4 is 50.6 Å². The first kappa shape index (κ1) is 25.7. The normalized spacial score (nSPS) is 12.2. The lowest BCUT2D eigenvalue weighted by Gasteiger charge is -2.17. The van der Waals surface area contributed by atoms with E-state index in [1.807, 2.05) is 12.1 Å². The lowest BCUT2D eigenvalue weighted by molar-refractivity contribution is -0.147. The summed E-state index contributed by atoms with van der Waals surface area (Å²) < 4.78 is 17.8. The molecule has 0 aliphatic heterocycles. The van der Waals surface area contributed by atoms with E-state index in [4.69, 9.17) is 21.1 Å². The van der Waals surface area contributed by atoms with Crippen LogP contribution in [0.25, 0.3) is 10.9 Å². The molecule has 1 aromatic heterocycles. The van der Waals surface area contributed by atoms with Gasteiger partial charge in [0.2, 0.25) is 0 Å². The number of aromatic nitrogens is 2. The van der Waals surface area contributed by atoms with Crippen LogP contribution in [0.5, 0.6) is 11.5 Å². The number of fused-ring (bicyclic) bond motifs is 1. The highest BCUT2D eigenvalue weighted by Gasteiger charge is 2.20. The number of unbranched alkanes of at least 4 members (excludes halogenated alkanes) is 1. The lowest BCUT2D eigenvalue weighted by Crippen LogP contribution is -2.25. The Bertz CT molecular complexity index is 1290. The van der Waals surface area contributed by atoms with Gasteiger partial charge in [-0.2, -0.15) is 9.78 Å². The third kappa shape index (κ3) is 5.77. The fourth-order valence-electron chi connectivity index (χ4n) is 3.25. The first-order chi connectivity index (χ1) is 16.3. The van der Waals surface area contributed by atoms with Crippen molar-refractivity contribution in [1.82, 2.24) is 9.66 Å². The van der Waals surface area contributed by atoms with Crippen molar-refractivity contribution in [3.8, 4) is 11.5 Å². The molecule has 0 saturated carbocycles. The fraction of sp³-hybridized carbons (Fsp3) is 0.333. The Hall–Kier alpha value is -2.91. The van der Waals surface area contributed by atoms with Crippen LogP contribution in [-0.4, -0.2) is 42.2 Å². The van der Waals surface area contributed by atoms with E-state index < -0.39 is 12.1 Å². The molecule has 0 saturated heterocycles. The van der Waals surface area contributed by atoms with E-state index in [1.54, 1.807) is 25.1 Å². The van der Waals surface area contributed by atoms with Gasteiger partial charge in [0, 0.05) is 10.9 Å². The highest BCUT2D eigenvalue weighted by molar-refractivity contribution is 9.10. The molecule has 1 atom stereocenters. The topological polar surface area (TPSA) is 92.0 Å². The lowest BCUT2D eigenvalue weighted by atomic mass is 10.2. The van der Waals surface area contributed by atoms with E-state index >= 15 is 0 Å². The molecule has 0 aliphatic carbocycles. The quantitative estimate of drug-likeness (QED) is 0.275. The second kappa shape index (κ2) is 11.5. The number of nitrogens with zero attached hydrogens (tertiary/aromatic N) is 3. The summed E-state index contributed by atoms with van der Waals surface area (Å²) in [7, 11) is 2.73. The van der Waals surface area contributed by atoms with E-state index in [2.05, 4.69) is 37.7 Å². The molecule has 10 heteroatoms. The molecule has 3 rings (SSSR count). The van der Waals surface area contributed by atoms with Gasteiger partial charge in [0.1, 0.15) is 5.82 Å². The average molecular weight is 551 g/mol. The number of rotatable bonds is 9. The molecule has 1 heterocycles. The maximum atomic E-state index is 13.2. The van der Waals surface area contributed by atoms with Gasteiger partial charge in [0.05, 0.1) is 36.4 Å². The van der Waals surface area contributed by atoms with Gasteiger partial charge in [-0.25, -0.2) is 9.78 Å². The molecule has 0 unspecified atom stereocenters. The number of benzene rings is 2. The second-order valence-electron chi connectivity index (χ2n) is 7.47. The van der Waals surface area contributed by atoms with E-state index in [9.17, 15) is 9.59 Å². The van der Waals surface area contributed by atoms with Crippen LogP contribution in [0.2, 0.25) is 5.02 Å². The summed E-state index contributed by atoms with van der Waals surface area (Å²) >= 11 is 9.81. The van der Waals surface area contributed by atoms with Gasteiger partial charge in [-0.05, 0) is 49.2 Å². The minimum Gasteiger partial charge on any atom is -0.493 e. The van der Waals surface area contributed by atoms with Crippen LogP contribution in [0.15, 0.2) is 44.7 Å². The molecule has 0 aliphatic rings. The van der Waals surface area contributed by atoms with Crippen LogP contribution in [0.3, 0.4) is 0 Å². The van der Waals surface area contributed by atoms with Crippen molar-refractivity contribution in [1.29, 1.82) is 0 Å². The number of carbonyl (C=O) groups excluding carboxylic acids is 1. The van der Waals surface area contributed by atoms with Crippen molar-refractivity contribution < 1.29 is 19.0 Å². The summed E-state index contributed by atoms with van der Waals surface area (Å²) in [6.45, 7) is 3.62. The first-order valence-corrected chi connectivity index (χ1v) is 11.8. The Labute approximate surface area is 210 Å². The molecule has 0 amide bonds. The van der Waals surface area contributed by atoms with Crippen LogP contribution in [0, 0.1) is 0 Å². The second-order valence-corrected chi connectivity index (χ2v) is 8.79. The monoisotopic (exact) mass is 549 g/mol. The van der Waals surface area contributed by atoms with Crippen molar-refractivity contribution in [3.63, 3.8) is 0 Å². The van der Waals surface area contributed by atoms with Gasteiger partial charge in [-0.15, -0.1) is 0 Å². The van der Waals surface area contributed by atoms with E-state index in [-0.39, 0.29) is 16.3 Å². The van der Waals surface area contributed by atoms with Crippen LogP contribution in [0.4, 0.5) is 0 Å². The third-order valence-electron chi connectivity index (χ3n) is 5.03. The third-order valence-corrected chi connectivity index (χ3v) is 5.81. The number of carbonyl (C=O) groups is 1. The highest BCUT2D eigenvalue weighted by atomic mass is 79.9.